The molecule has 0 bridgehead atoms. The fourth-order valence-electron chi connectivity index (χ4n) is 4.50. The molecule has 0 spiro atoms. The highest BCUT2D eigenvalue weighted by atomic mass is 32.1. The molecule has 0 saturated carbocycles. The molecule has 0 saturated heterocycles. The number of nitrogens with two attached hydrogens (primary N) is 1. The number of carbonyl (C=O) groups excluding carboxylic acids is 1. The van der Waals surface area contributed by atoms with Crippen molar-refractivity contribution in [2.45, 2.75) is 51.4 Å². The number of nitrogens with zero attached hydrogens (tertiary/aromatic N) is 2. The standard InChI is InChI=1S/C29H31F2N3O3S/c1-2-19-6-5-7-20(12-19)17-33(18-27(35)25(32)15-21-13-22(30)16-23(31)14-21)28(36)10-11-34-26-9-4-3-8-24(26)29(37)38-34/h3-9,12-14,16,25,27,35H,2,10-11,15,17-18,32H2,1H3/t25-,27+/m0/s1. The molecule has 0 fully saturated rings. The first-order chi connectivity index (χ1) is 18.2. The molecule has 0 aliphatic heterocycles. The molecule has 1 heterocycles. The van der Waals surface area contributed by atoms with Crippen molar-refractivity contribution in [3.63, 3.8) is 0 Å². The maximum Gasteiger partial charge on any atom is 0.257 e. The Bertz CT molecular complexity index is 1450. The molecular formula is C29H31F2N3O3S. The lowest BCUT2D eigenvalue weighted by Gasteiger charge is -2.28. The first kappa shape index (κ1) is 27.6. The highest BCUT2D eigenvalue weighted by molar-refractivity contribution is 7.05. The molecule has 4 aromatic rings. The summed E-state index contributed by atoms with van der Waals surface area (Å²) < 4.78 is 29.0. The van der Waals surface area contributed by atoms with Gasteiger partial charge in [-0.05, 0) is 65.3 Å². The van der Waals surface area contributed by atoms with E-state index in [-0.39, 0.29) is 36.6 Å². The van der Waals surface area contributed by atoms with E-state index in [2.05, 4.69) is 0 Å². The van der Waals surface area contributed by atoms with Crippen LogP contribution in [0.4, 0.5) is 8.78 Å². The minimum atomic E-state index is -1.12. The third-order valence-corrected chi connectivity index (χ3v) is 7.52. The van der Waals surface area contributed by atoms with Crippen LogP contribution in [0.2, 0.25) is 0 Å². The molecule has 3 aromatic carbocycles. The molecule has 0 radical (unpaired) electrons. The normalized spacial score (nSPS) is 13.0. The Kier molecular flexibility index (Phi) is 9.04. The molecule has 2 atom stereocenters. The Morgan fingerprint density at radius 1 is 1.03 bits per heavy atom. The topological polar surface area (TPSA) is 88.6 Å². The number of carbonyl (C=O) groups is 1. The molecule has 1 aromatic heterocycles. The molecule has 3 N–H and O–H groups in total. The van der Waals surface area contributed by atoms with Crippen LogP contribution in [0.3, 0.4) is 0 Å². The lowest BCUT2D eigenvalue weighted by atomic mass is 10.0. The van der Waals surface area contributed by atoms with Crippen LogP contribution in [0.15, 0.2) is 71.5 Å². The number of para-hydroxylation sites is 1. The van der Waals surface area contributed by atoms with Gasteiger partial charge in [-0.3, -0.25) is 13.5 Å². The number of hydrogen-bond acceptors (Lipinski definition) is 5. The van der Waals surface area contributed by atoms with Gasteiger partial charge in [-0.2, -0.15) is 0 Å². The van der Waals surface area contributed by atoms with E-state index in [0.29, 0.717) is 17.5 Å². The van der Waals surface area contributed by atoms with Crippen LogP contribution in [0.1, 0.15) is 30.0 Å². The number of aliphatic hydroxyl groups excluding tert-OH is 1. The van der Waals surface area contributed by atoms with Gasteiger partial charge >= 0.3 is 0 Å². The van der Waals surface area contributed by atoms with Crippen molar-refractivity contribution >= 4 is 28.3 Å². The van der Waals surface area contributed by atoms with Gasteiger partial charge in [0.05, 0.1) is 17.0 Å². The highest BCUT2D eigenvalue weighted by Crippen LogP contribution is 2.17. The van der Waals surface area contributed by atoms with Crippen molar-refractivity contribution in [3.8, 4) is 0 Å². The van der Waals surface area contributed by atoms with Crippen molar-refractivity contribution < 1.29 is 18.7 Å². The maximum atomic E-state index is 13.6. The Balaban J connectivity index is 1.49. The SMILES string of the molecule is CCc1cccc(CN(C[C@@H](O)[C@@H](N)Cc2cc(F)cc(F)c2)C(=O)CCn2sc(=O)c3ccccc32)c1. The summed E-state index contributed by atoms with van der Waals surface area (Å²) in [5.41, 5.74) is 9.35. The van der Waals surface area contributed by atoms with Crippen LogP contribution in [0, 0.1) is 11.6 Å². The van der Waals surface area contributed by atoms with E-state index < -0.39 is 23.8 Å². The van der Waals surface area contributed by atoms with Gasteiger partial charge in [0.1, 0.15) is 11.6 Å². The maximum absolute atomic E-state index is 13.6. The van der Waals surface area contributed by atoms with Gasteiger partial charge < -0.3 is 15.7 Å². The molecular weight excluding hydrogens is 508 g/mol. The number of aryl methyl sites for hydroxylation is 2. The van der Waals surface area contributed by atoms with Crippen molar-refractivity contribution in [1.29, 1.82) is 0 Å². The molecule has 200 valence electrons. The van der Waals surface area contributed by atoms with E-state index in [1.807, 2.05) is 47.3 Å². The average Bonchev–Trinajstić information content (AvgIpc) is 3.21. The smallest absolute Gasteiger partial charge is 0.257 e. The number of amides is 1. The number of halogens is 2. The minimum absolute atomic E-state index is 0.0448. The first-order valence-corrected chi connectivity index (χ1v) is 13.3. The monoisotopic (exact) mass is 539 g/mol. The quantitative estimate of drug-likeness (QED) is 0.298. The summed E-state index contributed by atoms with van der Waals surface area (Å²) in [6.45, 7) is 2.60. The fourth-order valence-corrected chi connectivity index (χ4v) is 5.42. The predicted octanol–water partition coefficient (Wildman–Crippen LogP) is 4.25. The van der Waals surface area contributed by atoms with Crippen molar-refractivity contribution in [2.24, 2.45) is 5.73 Å². The van der Waals surface area contributed by atoms with E-state index in [1.165, 1.54) is 12.1 Å². The molecule has 9 heteroatoms. The summed E-state index contributed by atoms with van der Waals surface area (Å²) in [5, 5.41) is 11.5. The number of aliphatic hydroxyl groups is 1. The molecule has 4 rings (SSSR count). The molecule has 38 heavy (non-hydrogen) atoms. The Morgan fingerprint density at radius 3 is 2.47 bits per heavy atom. The van der Waals surface area contributed by atoms with Crippen LogP contribution < -0.4 is 10.5 Å². The molecule has 6 nitrogen and oxygen atoms in total. The van der Waals surface area contributed by atoms with Gasteiger partial charge in [-0.15, -0.1) is 0 Å². The van der Waals surface area contributed by atoms with Crippen molar-refractivity contribution in [2.75, 3.05) is 6.54 Å². The Morgan fingerprint density at radius 2 is 1.74 bits per heavy atom. The summed E-state index contributed by atoms with van der Waals surface area (Å²) in [6.07, 6.45) is -0.104. The zero-order chi connectivity index (χ0) is 27.2. The van der Waals surface area contributed by atoms with E-state index in [9.17, 15) is 23.5 Å². The lowest BCUT2D eigenvalue weighted by Crippen LogP contribution is -2.46. The summed E-state index contributed by atoms with van der Waals surface area (Å²) in [4.78, 5) is 27.3. The molecule has 1 amide bonds. The van der Waals surface area contributed by atoms with E-state index in [4.69, 9.17) is 5.73 Å². The Hall–Kier alpha value is -3.40. The summed E-state index contributed by atoms with van der Waals surface area (Å²) in [5.74, 6) is -1.63. The fraction of sp³-hybridized carbons (Fsp3) is 0.310. The van der Waals surface area contributed by atoms with Gasteiger partial charge in [0.25, 0.3) is 4.74 Å². The van der Waals surface area contributed by atoms with Gasteiger partial charge in [0, 0.05) is 38.2 Å². The van der Waals surface area contributed by atoms with Crippen molar-refractivity contribution in [1.82, 2.24) is 8.86 Å². The van der Waals surface area contributed by atoms with Gasteiger partial charge in [0.2, 0.25) is 5.91 Å². The van der Waals surface area contributed by atoms with Gasteiger partial charge in [-0.1, -0.05) is 43.3 Å². The highest BCUT2D eigenvalue weighted by Gasteiger charge is 2.23. The zero-order valence-electron chi connectivity index (χ0n) is 21.1. The number of benzene rings is 3. The van der Waals surface area contributed by atoms with Gasteiger partial charge in [-0.25, -0.2) is 8.78 Å². The van der Waals surface area contributed by atoms with Gasteiger partial charge in [0.15, 0.2) is 0 Å². The average molecular weight is 540 g/mol. The molecule has 0 aliphatic rings. The number of fused-ring (bicyclic) bond motifs is 1. The van der Waals surface area contributed by atoms with Crippen LogP contribution in [-0.4, -0.2) is 38.6 Å². The lowest BCUT2D eigenvalue weighted by molar-refractivity contribution is -0.133. The van der Waals surface area contributed by atoms with Crippen LogP contribution >= 0.6 is 11.5 Å². The number of rotatable bonds is 11. The largest absolute Gasteiger partial charge is 0.390 e. The minimum Gasteiger partial charge on any atom is -0.390 e. The molecule has 0 unspecified atom stereocenters. The van der Waals surface area contributed by atoms with E-state index >= 15 is 0 Å². The third kappa shape index (κ3) is 6.92. The second kappa shape index (κ2) is 12.4. The van der Waals surface area contributed by atoms with Crippen molar-refractivity contribution in [3.05, 3.63) is 105 Å². The number of hydrogen-bond donors (Lipinski definition) is 2. The second-order valence-electron chi connectivity index (χ2n) is 9.41. The second-order valence-corrected chi connectivity index (χ2v) is 10.4. The zero-order valence-corrected chi connectivity index (χ0v) is 22.0. The van der Waals surface area contributed by atoms with E-state index in [1.54, 1.807) is 17.0 Å². The van der Waals surface area contributed by atoms with Crippen LogP contribution in [0.5, 0.6) is 0 Å². The summed E-state index contributed by atoms with van der Waals surface area (Å²) >= 11 is 1.07. The first-order valence-electron chi connectivity index (χ1n) is 12.6. The van der Waals surface area contributed by atoms with E-state index in [0.717, 1.165) is 40.7 Å². The molecule has 0 aliphatic carbocycles. The van der Waals surface area contributed by atoms with Crippen LogP contribution in [-0.2, 0) is 30.7 Å². The summed E-state index contributed by atoms with van der Waals surface area (Å²) in [7, 11) is 0. The number of aromatic nitrogens is 1. The predicted molar refractivity (Wildman–Crippen MR) is 146 cm³/mol. The Labute approximate surface area is 224 Å². The summed E-state index contributed by atoms with van der Waals surface area (Å²) in [6, 6.07) is 17.5. The third-order valence-electron chi connectivity index (χ3n) is 6.54. The van der Waals surface area contributed by atoms with Crippen LogP contribution in [0.25, 0.3) is 10.9 Å².